The maximum atomic E-state index is 6.04. The molecule has 2 aliphatic rings. The molecular weight excluding hydrogens is 260 g/mol. The second-order valence-electron chi connectivity index (χ2n) is 6.40. The number of hydrogen-bond acceptors (Lipinski definition) is 4. The molecule has 0 aromatic carbocycles. The van der Waals surface area contributed by atoms with Crippen molar-refractivity contribution >= 4 is 0 Å². The summed E-state index contributed by atoms with van der Waals surface area (Å²) in [5.41, 5.74) is 7.35. The molecule has 2 fully saturated rings. The minimum Gasteiger partial charge on any atom is -0.329 e. The lowest BCUT2D eigenvalue weighted by atomic mass is 9.97. The van der Waals surface area contributed by atoms with Crippen LogP contribution in [0.1, 0.15) is 43.7 Å². The van der Waals surface area contributed by atoms with Crippen molar-refractivity contribution < 1.29 is 0 Å². The Morgan fingerprint density at radius 3 is 2.33 bits per heavy atom. The molecule has 0 amide bonds. The summed E-state index contributed by atoms with van der Waals surface area (Å²) in [4.78, 5) is 9.41. The van der Waals surface area contributed by atoms with Crippen molar-refractivity contribution in [2.24, 2.45) is 5.73 Å². The highest BCUT2D eigenvalue weighted by molar-refractivity contribution is 5.16. The summed E-state index contributed by atoms with van der Waals surface area (Å²) in [6.07, 6.45) is 10.5. The molecule has 0 bridgehead atoms. The maximum absolute atomic E-state index is 6.04. The molecule has 4 nitrogen and oxygen atoms in total. The molecular formula is C17H28N4. The Morgan fingerprint density at radius 1 is 1.05 bits per heavy atom. The average Bonchev–Trinajstić information content (AvgIpc) is 2.58. The van der Waals surface area contributed by atoms with Crippen LogP contribution in [0.25, 0.3) is 0 Å². The molecule has 0 radical (unpaired) electrons. The topological polar surface area (TPSA) is 45.4 Å². The number of nitrogens with two attached hydrogens (primary N) is 1. The standard InChI is InChI=1S/C17H28N4/c18-14-17(15-4-8-19-9-5-15)21-12-6-16(7-13-21)20-10-2-1-3-11-20/h4-5,8-9,16-17H,1-3,6-7,10-14,18H2. The molecule has 21 heavy (non-hydrogen) atoms. The lowest BCUT2D eigenvalue weighted by Gasteiger charge is -2.42. The molecule has 2 N–H and O–H groups in total. The summed E-state index contributed by atoms with van der Waals surface area (Å²) in [6, 6.07) is 5.37. The third-order valence-electron chi connectivity index (χ3n) is 5.16. The minimum absolute atomic E-state index is 0.357. The van der Waals surface area contributed by atoms with Crippen molar-refractivity contribution in [3.8, 4) is 0 Å². The first-order chi connectivity index (χ1) is 10.4. The van der Waals surface area contributed by atoms with E-state index in [4.69, 9.17) is 5.73 Å². The first-order valence-electron chi connectivity index (χ1n) is 8.46. The van der Waals surface area contributed by atoms with Crippen LogP contribution in [0.4, 0.5) is 0 Å². The number of piperidine rings is 2. The fourth-order valence-corrected chi connectivity index (χ4v) is 3.93. The van der Waals surface area contributed by atoms with Gasteiger partial charge in [0.25, 0.3) is 0 Å². The molecule has 0 saturated carbocycles. The molecule has 3 heterocycles. The molecule has 0 spiro atoms. The summed E-state index contributed by atoms with van der Waals surface area (Å²) in [7, 11) is 0. The van der Waals surface area contributed by atoms with Crippen LogP contribution < -0.4 is 5.73 Å². The Kier molecular flexibility index (Phi) is 5.22. The molecule has 1 aromatic heterocycles. The van der Waals surface area contributed by atoms with Crippen LogP contribution in [0, 0.1) is 0 Å². The summed E-state index contributed by atoms with van der Waals surface area (Å²) in [5.74, 6) is 0. The van der Waals surface area contributed by atoms with E-state index in [2.05, 4.69) is 26.9 Å². The van der Waals surface area contributed by atoms with Crippen molar-refractivity contribution in [3.63, 3.8) is 0 Å². The van der Waals surface area contributed by atoms with Crippen LogP contribution in [0.3, 0.4) is 0 Å². The van der Waals surface area contributed by atoms with E-state index in [0.29, 0.717) is 12.6 Å². The lowest BCUT2D eigenvalue weighted by Crippen LogP contribution is -2.48. The zero-order valence-electron chi connectivity index (χ0n) is 13.0. The number of pyridine rings is 1. The monoisotopic (exact) mass is 288 g/mol. The van der Waals surface area contributed by atoms with Gasteiger partial charge >= 0.3 is 0 Å². The van der Waals surface area contributed by atoms with Crippen LogP contribution in [0.2, 0.25) is 0 Å². The molecule has 2 saturated heterocycles. The zero-order chi connectivity index (χ0) is 14.5. The Morgan fingerprint density at radius 2 is 1.71 bits per heavy atom. The Bertz CT molecular complexity index is 408. The summed E-state index contributed by atoms with van der Waals surface area (Å²) in [6.45, 7) is 5.67. The predicted molar refractivity (Wildman–Crippen MR) is 86.1 cm³/mol. The van der Waals surface area contributed by atoms with Gasteiger partial charge in [-0.1, -0.05) is 6.42 Å². The van der Waals surface area contributed by atoms with Crippen LogP contribution in [0.15, 0.2) is 24.5 Å². The van der Waals surface area contributed by atoms with Crippen molar-refractivity contribution in [2.45, 2.75) is 44.2 Å². The van der Waals surface area contributed by atoms with E-state index in [-0.39, 0.29) is 0 Å². The van der Waals surface area contributed by atoms with Gasteiger partial charge in [-0.2, -0.15) is 0 Å². The third-order valence-corrected chi connectivity index (χ3v) is 5.16. The number of rotatable bonds is 4. The van der Waals surface area contributed by atoms with Crippen molar-refractivity contribution in [2.75, 3.05) is 32.7 Å². The second-order valence-corrected chi connectivity index (χ2v) is 6.40. The van der Waals surface area contributed by atoms with Crippen LogP contribution in [-0.2, 0) is 0 Å². The van der Waals surface area contributed by atoms with Gasteiger partial charge in [0.1, 0.15) is 0 Å². The van der Waals surface area contributed by atoms with E-state index in [1.165, 1.54) is 63.8 Å². The number of hydrogen-bond donors (Lipinski definition) is 1. The first-order valence-corrected chi connectivity index (χ1v) is 8.46. The van der Waals surface area contributed by atoms with Crippen molar-refractivity contribution in [1.29, 1.82) is 0 Å². The van der Waals surface area contributed by atoms with E-state index in [9.17, 15) is 0 Å². The largest absolute Gasteiger partial charge is 0.329 e. The van der Waals surface area contributed by atoms with Crippen LogP contribution in [0.5, 0.6) is 0 Å². The van der Waals surface area contributed by atoms with Gasteiger partial charge in [0.2, 0.25) is 0 Å². The van der Waals surface area contributed by atoms with Gasteiger partial charge in [0.05, 0.1) is 0 Å². The van der Waals surface area contributed by atoms with Crippen LogP contribution >= 0.6 is 0 Å². The van der Waals surface area contributed by atoms with Crippen molar-refractivity contribution in [3.05, 3.63) is 30.1 Å². The van der Waals surface area contributed by atoms with Gasteiger partial charge in [-0.3, -0.25) is 9.88 Å². The lowest BCUT2D eigenvalue weighted by molar-refractivity contribution is 0.0736. The second kappa shape index (κ2) is 7.34. The van der Waals surface area contributed by atoms with Gasteiger partial charge in [-0.15, -0.1) is 0 Å². The molecule has 1 aromatic rings. The fourth-order valence-electron chi connectivity index (χ4n) is 3.93. The normalized spacial score (nSPS) is 24.0. The Labute approximate surface area is 128 Å². The highest BCUT2D eigenvalue weighted by Crippen LogP contribution is 2.26. The minimum atomic E-state index is 0.357. The average molecular weight is 288 g/mol. The van der Waals surface area contributed by atoms with Gasteiger partial charge < -0.3 is 10.6 Å². The van der Waals surface area contributed by atoms with E-state index in [0.717, 1.165) is 6.04 Å². The third kappa shape index (κ3) is 3.62. The van der Waals surface area contributed by atoms with Gasteiger partial charge in [-0.25, -0.2) is 0 Å². The molecule has 1 unspecified atom stereocenters. The Balaban J connectivity index is 1.56. The van der Waals surface area contributed by atoms with E-state index < -0.39 is 0 Å². The molecule has 2 aliphatic heterocycles. The van der Waals surface area contributed by atoms with Crippen molar-refractivity contribution in [1.82, 2.24) is 14.8 Å². The first kappa shape index (κ1) is 14.9. The molecule has 0 aliphatic carbocycles. The molecule has 1 atom stereocenters. The van der Waals surface area contributed by atoms with Crippen LogP contribution in [-0.4, -0.2) is 53.5 Å². The molecule has 3 rings (SSSR count). The Hall–Kier alpha value is -0.970. The number of nitrogens with zero attached hydrogens (tertiary/aromatic N) is 3. The number of aromatic nitrogens is 1. The van der Waals surface area contributed by atoms with E-state index in [1.807, 2.05) is 12.4 Å². The summed E-state index contributed by atoms with van der Waals surface area (Å²) < 4.78 is 0. The van der Waals surface area contributed by atoms with E-state index in [1.54, 1.807) is 0 Å². The highest BCUT2D eigenvalue weighted by atomic mass is 15.2. The van der Waals surface area contributed by atoms with Gasteiger partial charge in [-0.05, 0) is 56.5 Å². The molecule has 116 valence electrons. The van der Waals surface area contributed by atoms with E-state index >= 15 is 0 Å². The molecule has 4 heteroatoms. The van der Waals surface area contributed by atoms with Gasteiger partial charge in [0, 0.05) is 44.1 Å². The predicted octanol–water partition coefficient (Wildman–Crippen LogP) is 2.03. The highest BCUT2D eigenvalue weighted by Gasteiger charge is 2.28. The SMILES string of the molecule is NCC(c1ccncc1)N1CCC(N2CCCCC2)CC1. The number of likely N-dealkylation sites (tertiary alicyclic amines) is 2. The quantitative estimate of drug-likeness (QED) is 0.921. The zero-order valence-corrected chi connectivity index (χ0v) is 13.0. The smallest absolute Gasteiger partial charge is 0.0471 e. The summed E-state index contributed by atoms with van der Waals surface area (Å²) >= 11 is 0. The summed E-state index contributed by atoms with van der Waals surface area (Å²) in [5, 5.41) is 0. The maximum Gasteiger partial charge on any atom is 0.0471 e. The van der Waals surface area contributed by atoms with Gasteiger partial charge in [0.15, 0.2) is 0 Å². The fraction of sp³-hybridized carbons (Fsp3) is 0.706.